The highest BCUT2D eigenvalue weighted by Gasteiger charge is 2.23. The Morgan fingerprint density at radius 1 is 1.14 bits per heavy atom. The molecule has 0 aliphatic heterocycles. The van der Waals surface area contributed by atoms with Crippen molar-refractivity contribution in [3.63, 3.8) is 0 Å². The van der Waals surface area contributed by atoms with Gasteiger partial charge in [0.2, 0.25) is 5.78 Å². The van der Waals surface area contributed by atoms with Crippen molar-refractivity contribution in [1.29, 1.82) is 0 Å². The zero-order valence-electron chi connectivity index (χ0n) is 15.9. The lowest BCUT2D eigenvalue weighted by atomic mass is 10.2. The molecule has 150 valence electrons. The molecular formula is C20H19N3O5S. The third-order valence-electron chi connectivity index (χ3n) is 4.43. The van der Waals surface area contributed by atoms with Gasteiger partial charge in [0.15, 0.2) is 6.61 Å². The first-order valence-electron chi connectivity index (χ1n) is 8.69. The molecule has 3 aromatic rings. The minimum Gasteiger partial charge on any atom is -0.453 e. The topological polar surface area (TPSA) is 113 Å². The summed E-state index contributed by atoms with van der Waals surface area (Å²) in [5.41, 5.74) is 5.68. The minimum absolute atomic E-state index is 0.0914. The number of aryl methyl sites for hydroxylation is 1. The van der Waals surface area contributed by atoms with Crippen LogP contribution < -0.4 is 17.0 Å². The molecule has 2 heterocycles. The van der Waals surface area contributed by atoms with E-state index in [4.69, 9.17) is 10.5 Å². The number of nitrogens with two attached hydrogens (primary N) is 1. The molecule has 0 amide bonds. The molecule has 0 unspecified atom stereocenters. The summed E-state index contributed by atoms with van der Waals surface area (Å²) in [6.07, 6.45) is 0. The van der Waals surface area contributed by atoms with Crippen molar-refractivity contribution in [3.05, 3.63) is 84.2 Å². The largest absolute Gasteiger partial charge is 0.453 e. The number of carbonyl (C=O) groups is 2. The zero-order chi connectivity index (χ0) is 21.1. The number of thiophene rings is 1. The molecule has 0 fully saturated rings. The van der Waals surface area contributed by atoms with Gasteiger partial charge in [0.25, 0.3) is 5.56 Å². The van der Waals surface area contributed by atoms with Crippen molar-refractivity contribution in [2.75, 3.05) is 12.3 Å². The van der Waals surface area contributed by atoms with Gasteiger partial charge in [-0.05, 0) is 29.5 Å². The van der Waals surface area contributed by atoms with Crippen molar-refractivity contribution in [1.82, 2.24) is 9.13 Å². The van der Waals surface area contributed by atoms with Crippen LogP contribution in [0.1, 0.15) is 31.2 Å². The molecule has 9 heteroatoms. The Morgan fingerprint density at radius 3 is 2.45 bits per heavy atom. The summed E-state index contributed by atoms with van der Waals surface area (Å²) < 4.78 is 7.02. The fourth-order valence-electron chi connectivity index (χ4n) is 2.81. The number of nitrogen functional groups attached to an aromatic ring is 1. The van der Waals surface area contributed by atoms with E-state index in [1.54, 1.807) is 42.6 Å². The normalized spacial score (nSPS) is 10.7. The van der Waals surface area contributed by atoms with Gasteiger partial charge in [-0.2, -0.15) is 0 Å². The van der Waals surface area contributed by atoms with Crippen molar-refractivity contribution >= 4 is 28.9 Å². The fourth-order valence-corrected chi connectivity index (χ4v) is 3.63. The minimum atomic E-state index is -0.829. The van der Waals surface area contributed by atoms with Crippen LogP contribution in [-0.2, 0) is 18.3 Å². The summed E-state index contributed by atoms with van der Waals surface area (Å²) in [6, 6.07) is 10.8. The van der Waals surface area contributed by atoms with E-state index in [-0.39, 0.29) is 17.9 Å². The molecule has 29 heavy (non-hydrogen) atoms. The van der Waals surface area contributed by atoms with Gasteiger partial charge < -0.3 is 10.5 Å². The molecule has 0 spiro atoms. The molecular weight excluding hydrogens is 394 g/mol. The molecule has 0 bridgehead atoms. The third kappa shape index (κ3) is 4.04. The number of hydrogen-bond donors (Lipinski definition) is 1. The Labute approximate surface area is 169 Å². The summed E-state index contributed by atoms with van der Waals surface area (Å²) in [6.45, 7) is 1.19. The Balaban J connectivity index is 1.91. The molecule has 2 aromatic heterocycles. The van der Waals surface area contributed by atoms with Crippen LogP contribution >= 0.6 is 11.3 Å². The molecule has 1 aromatic carbocycles. The van der Waals surface area contributed by atoms with Crippen LogP contribution in [0.2, 0.25) is 0 Å². The van der Waals surface area contributed by atoms with Crippen LogP contribution in [0, 0.1) is 6.92 Å². The Morgan fingerprint density at radius 2 is 1.83 bits per heavy atom. The molecule has 8 nitrogen and oxygen atoms in total. The fraction of sp³-hybridized carbons (Fsp3) is 0.200. The van der Waals surface area contributed by atoms with Crippen molar-refractivity contribution in [3.8, 4) is 0 Å². The molecule has 0 saturated heterocycles. The lowest BCUT2D eigenvalue weighted by molar-refractivity contribution is 0.0478. The van der Waals surface area contributed by atoms with E-state index in [1.165, 1.54) is 18.4 Å². The second-order valence-corrected chi connectivity index (χ2v) is 7.33. The molecule has 3 rings (SSSR count). The van der Waals surface area contributed by atoms with E-state index in [9.17, 15) is 19.2 Å². The van der Waals surface area contributed by atoms with Gasteiger partial charge in [-0.3, -0.25) is 18.7 Å². The monoisotopic (exact) mass is 413 g/mol. The quantitative estimate of drug-likeness (QED) is 0.485. The lowest BCUT2D eigenvalue weighted by Crippen LogP contribution is -2.43. The van der Waals surface area contributed by atoms with Crippen LogP contribution in [0.4, 0.5) is 5.82 Å². The highest BCUT2D eigenvalue weighted by molar-refractivity contribution is 7.12. The highest BCUT2D eigenvalue weighted by Crippen LogP contribution is 2.17. The first-order valence-corrected chi connectivity index (χ1v) is 9.57. The van der Waals surface area contributed by atoms with Gasteiger partial charge in [-0.25, -0.2) is 9.59 Å². The number of ether oxygens (including phenoxy) is 1. The zero-order valence-corrected chi connectivity index (χ0v) is 16.7. The molecule has 2 N–H and O–H groups in total. The average molecular weight is 413 g/mol. The van der Waals surface area contributed by atoms with Gasteiger partial charge in [-0.15, -0.1) is 11.3 Å². The van der Waals surface area contributed by atoms with Crippen LogP contribution in [0.5, 0.6) is 0 Å². The van der Waals surface area contributed by atoms with E-state index in [0.717, 1.165) is 20.3 Å². The second-order valence-electron chi connectivity index (χ2n) is 6.41. The first-order chi connectivity index (χ1) is 13.8. The Kier molecular flexibility index (Phi) is 5.79. The number of carbonyl (C=O) groups excluding carboxylic acids is 2. The molecule has 0 aliphatic rings. The Bertz CT molecular complexity index is 1190. The van der Waals surface area contributed by atoms with E-state index in [1.807, 2.05) is 6.07 Å². The SMILES string of the molecule is Cc1ccsc1C(=O)OCC(=O)c1c(N)n(Cc2ccccc2)c(=O)n(C)c1=O. The van der Waals surface area contributed by atoms with E-state index < -0.39 is 29.6 Å². The van der Waals surface area contributed by atoms with Crippen LogP contribution in [0.3, 0.4) is 0 Å². The summed E-state index contributed by atoms with van der Waals surface area (Å²) in [7, 11) is 1.27. The maximum absolute atomic E-state index is 12.6. The lowest BCUT2D eigenvalue weighted by Gasteiger charge is -2.14. The summed E-state index contributed by atoms with van der Waals surface area (Å²) in [5, 5.41) is 1.74. The number of hydrogen-bond acceptors (Lipinski definition) is 7. The molecule has 0 atom stereocenters. The predicted molar refractivity (Wildman–Crippen MR) is 110 cm³/mol. The molecule has 0 aliphatic carbocycles. The number of nitrogens with zero attached hydrogens (tertiary/aromatic N) is 2. The van der Waals surface area contributed by atoms with Gasteiger partial charge in [0.05, 0.1) is 6.54 Å². The number of esters is 1. The summed E-state index contributed by atoms with van der Waals surface area (Å²) in [4.78, 5) is 50.1. The predicted octanol–water partition coefficient (Wildman–Crippen LogP) is 1.59. The number of Topliss-reactive ketones (excluding diaryl/α,β-unsaturated/α-hetero) is 1. The number of ketones is 1. The second kappa shape index (κ2) is 8.27. The maximum atomic E-state index is 12.6. The van der Waals surface area contributed by atoms with Crippen molar-refractivity contribution in [2.24, 2.45) is 7.05 Å². The molecule has 0 radical (unpaired) electrons. The van der Waals surface area contributed by atoms with E-state index in [2.05, 4.69) is 0 Å². The third-order valence-corrected chi connectivity index (χ3v) is 5.42. The molecule has 0 saturated carbocycles. The van der Waals surface area contributed by atoms with Gasteiger partial charge in [-0.1, -0.05) is 30.3 Å². The van der Waals surface area contributed by atoms with Crippen molar-refractivity contribution in [2.45, 2.75) is 13.5 Å². The van der Waals surface area contributed by atoms with Gasteiger partial charge in [0, 0.05) is 7.05 Å². The summed E-state index contributed by atoms with van der Waals surface area (Å²) >= 11 is 1.20. The van der Waals surface area contributed by atoms with Crippen LogP contribution in [0.25, 0.3) is 0 Å². The van der Waals surface area contributed by atoms with Crippen LogP contribution in [0.15, 0.2) is 51.4 Å². The number of aromatic nitrogens is 2. The van der Waals surface area contributed by atoms with Crippen LogP contribution in [-0.4, -0.2) is 27.5 Å². The van der Waals surface area contributed by atoms with E-state index in [0.29, 0.717) is 4.88 Å². The standard InChI is InChI=1S/C20H19N3O5S/c1-12-8-9-29-16(12)19(26)28-11-14(24)15-17(21)23(20(27)22(2)18(15)25)10-13-6-4-3-5-7-13/h3-9H,10-11,21H2,1-2H3. The van der Waals surface area contributed by atoms with Gasteiger partial charge >= 0.3 is 11.7 Å². The average Bonchev–Trinajstić information content (AvgIpc) is 3.14. The summed E-state index contributed by atoms with van der Waals surface area (Å²) in [5.74, 6) is -1.68. The number of benzene rings is 1. The first kappa shape index (κ1) is 20.3. The Hall–Kier alpha value is -3.46. The number of anilines is 1. The highest BCUT2D eigenvalue weighted by atomic mass is 32.1. The van der Waals surface area contributed by atoms with Gasteiger partial charge in [0.1, 0.15) is 16.3 Å². The van der Waals surface area contributed by atoms with E-state index >= 15 is 0 Å². The maximum Gasteiger partial charge on any atom is 0.349 e. The van der Waals surface area contributed by atoms with Crippen molar-refractivity contribution < 1.29 is 14.3 Å². The smallest absolute Gasteiger partial charge is 0.349 e. The number of rotatable bonds is 6.